The highest BCUT2D eigenvalue weighted by Crippen LogP contribution is 2.32. The number of halogens is 1. The maximum Gasteiger partial charge on any atom is 0.414 e. The number of amides is 15. The molecule has 0 atom stereocenters. The minimum absolute atomic E-state index is 0.0372. The van der Waals surface area contributed by atoms with Gasteiger partial charge in [-0.2, -0.15) is 15.3 Å². The zero-order valence-electron chi connectivity index (χ0n) is 75.9. The third kappa shape index (κ3) is 29.3. The summed E-state index contributed by atoms with van der Waals surface area (Å²) in [6.07, 6.45) is 12.3. The summed E-state index contributed by atoms with van der Waals surface area (Å²) in [5.74, 6) is -5.66. The van der Waals surface area contributed by atoms with Crippen molar-refractivity contribution >= 4 is 231 Å². The first kappa shape index (κ1) is 103. The number of hydrogen-bond donors (Lipinski definition) is 10. The Morgan fingerprint density at radius 1 is 0.343 bits per heavy atom. The van der Waals surface area contributed by atoms with Crippen molar-refractivity contribution in [2.45, 2.75) is 61.7 Å². The van der Waals surface area contributed by atoms with Gasteiger partial charge in [0, 0.05) is 67.1 Å². The zero-order valence-corrected chi connectivity index (χ0v) is 81.6. The number of carbonyl (C=O) groups is 15. The molecule has 14 aromatic heterocycles. The molecule has 42 nitrogen and oxygen atoms in total. The van der Waals surface area contributed by atoms with Crippen molar-refractivity contribution in [1.29, 1.82) is 0 Å². The van der Waals surface area contributed by atoms with E-state index in [1.165, 1.54) is 145 Å². The van der Waals surface area contributed by atoms with Crippen LogP contribution in [0, 0.1) is 30.5 Å². The molecule has 0 aliphatic rings. The van der Waals surface area contributed by atoms with Crippen molar-refractivity contribution in [3.8, 4) is 0 Å². The number of nitrogens with zero attached hydrogens (tertiary/aromatic N) is 12. The molecule has 0 aliphatic heterocycles. The first-order chi connectivity index (χ1) is 68.8. The van der Waals surface area contributed by atoms with Gasteiger partial charge in [0.2, 0.25) is 0 Å². The summed E-state index contributed by atoms with van der Waals surface area (Å²) >= 11 is 8.28. The van der Waals surface area contributed by atoms with Gasteiger partial charge >= 0.3 is 30.5 Å². The third-order valence-electron chi connectivity index (χ3n) is 18.6. The number of anilines is 5. The Balaban J connectivity index is 0.000000150. The molecule has 0 radical (unpaired) electrons. The quantitative estimate of drug-likeness (QED) is 0.0238. The Morgan fingerprint density at radius 2 is 0.671 bits per heavy atom. The van der Waals surface area contributed by atoms with Gasteiger partial charge < -0.3 is 50.3 Å². The molecule has 0 bridgehead atoms. The third-order valence-corrected chi connectivity index (χ3v) is 24.8. The van der Waals surface area contributed by atoms with Crippen LogP contribution in [0.3, 0.4) is 0 Å². The van der Waals surface area contributed by atoms with Gasteiger partial charge in [0.15, 0.2) is 27.0 Å². The summed E-state index contributed by atoms with van der Waals surface area (Å²) in [4.78, 5) is 208. The Morgan fingerprint density at radius 3 is 1.03 bits per heavy atom. The van der Waals surface area contributed by atoms with Gasteiger partial charge in [-0.1, -0.05) is 102 Å². The van der Waals surface area contributed by atoms with Gasteiger partial charge in [-0.15, -0.1) is 79.4 Å². The van der Waals surface area contributed by atoms with E-state index in [4.69, 9.17) is 23.7 Å². The van der Waals surface area contributed by atoms with Crippen LogP contribution in [0.4, 0.5) is 53.4 Å². The number of thiophene rings is 5. The molecule has 732 valence electrons. The second kappa shape index (κ2) is 49.5. The van der Waals surface area contributed by atoms with Crippen molar-refractivity contribution in [3.05, 3.63) is 299 Å². The minimum atomic E-state index is -1.04. The topological polar surface area (TPSA) is 552 Å². The van der Waals surface area contributed by atoms with E-state index in [1.54, 1.807) is 88.2 Å². The summed E-state index contributed by atoms with van der Waals surface area (Å²) in [6, 6.07) is 35.2. The Kier molecular flexibility index (Phi) is 35.7. The van der Waals surface area contributed by atoms with E-state index in [0.29, 0.717) is 47.5 Å². The predicted octanol–water partition coefficient (Wildman–Crippen LogP) is 16.9. The molecule has 143 heavy (non-hydrogen) atoms. The standard InChI is InChI=1S/C21H17N5O4S.C20H14FN5O4S.C18H17N3O4S2.C17H17N5O4S.C17H16N4O4S2/c1-13-2-4-14(5-3-13)12-30-21(29)25-19(28)16-7-9-31-20(16)24-18(27)15-10-22-17-6-8-23-26(17)11-15;21-15-4-2-1-3-12(15)11-30-20(29)25-18(28)14-6-8-31-19(14)24-17(27)13-9-22-16-5-7-23-26(16)10-13;1-10(2)9-25-18(24)21-14(22)11-7-8-26-16(11)20-15(23)17-19-12-5-3-4-6-13(12)27-17;1-10(2)9-26-17(25)21-15(24)12-4-6-27-16(12)20-14(23)11-7-18-13-3-5-19-22(13)8-11;1-9(2)8-25-17(24)21-13(22)10-4-6-26-15(10)20-14(23)16-19-11-7-18-5-3-12(11)27-16/h2-11H,12H2,1H3,(H,24,27)(H,25,28,29);1-10H,11H2,(H,24,27)(H,25,28,29);3-8,10H,9H2,1-2H3,(H,20,23)(H,21,22,24);3-8,10H,9H2,1-2H3,(H,20,23)(H,21,24,25);3-7,9H,8H2,1-2H3,(H,20,23)(H,21,22,24). The number of benzene rings is 3. The fraction of sp³-hybridized carbons (Fsp3) is 0.161. The van der Waals surface area contributed by atoms with Gasteiger partial charge in [0.1, 0.15) is 49.6 Å². The van der Waals surface area contributed by atoms with Crippen LogP contribution < -0.4 is 53.2 Å². The molecule has 17 aromatic rings. The maximum absolute atomic E-state index is 13.6. The first-order valence-corrected chi connectivity index (χ1v) is 48.4. The van der Waals surface area contributed by atoms with Gasteiger partial charge in [-0.05, 0) is 112 Å². The molecule has 0 saturated carbocycles. The second-order valence-electron chi connectivity index (χ2n) is 30.8. The van der Waals surface area contributed by atoms with E-state index in [0.717, 1.165) is 60.1 Å². The molecule has 0 unspecified atom stereocenters. The Labute approximate surface area is 836 Å². The lowest BCUT2D eigenvalue weighted by molar-refractivity contribution is 0.0894. The van der Waals surface area contributed by atoms with Crippen molar-refractivity contribution in [2.75, 3.05) is 46.4 Å². The monoisotopic (exact) mass is 2070 g/mol. The van der Waals surface area contributed by atoms with Crippen LogP contribution in [0.2, 0.25) is 0 Å². The number of para-hydroxylation sites is 1. The lowest BCUT2D eigenvalue weighted by Gasteiger charge is -2.09. The normalized spacial score (nSPS) is 10.7. The van der Waals surface area contributed by atoms with E-state index in [1.807, 2.05) is 97.0 Å². The number of carbonyl (C=O) groups excluding carboxylic acids is 15. The van der Waals surface area contributed by atoms with E-state index in [9.17, 15) is 76.3 Å². The van der Waals surface area contributed by atoms with Crippen LogP contribution >= 0.6 is 79.4 Å². The van der Waals surface area contributed by atoms with Crippen molar-refractivity contribution in [1.82, 2.24) is 85.3 Å². The predicted molar refractivity (Wildman–Crippen MR) is 531 cm³/mol. The van der Waals surface area contributed by atoms with E-state index in [2.05, 4.69) is 98.4 Å². The number of thiazole rings is 2. The number of alkyl carbamates (subject to hydrolysis) is 5. The molecule has 3 aromatic carbocycles. The number of aromatic nitrogens is 12. The lowest BCUT2D eigenvalue weighted by atomic mass is 10.2. The summed E-state index contributed by atoms with van der Waals surface area (Å²) in [7, 11) is 0. The van der Waals surface area contributed by atoms with Crippen LogP contribution in [-0.2, 0) is 36.9 Å². The molecular formula is C93H81FN22O20S7. The van der Waals surface area contributed by atoms with E-state index < -0.39 is 95.4 Å². The minimum Gasteiger partial charge on any atom is -0.449 e. The van der Waals surface area contributed by atoms with Gasteiger partial charge in [-0.3, -0.25) is 79.5 Å². The van der Waals surface area contributed by atoms with Crippen LogP contribution in [0.15, 0.2) is 222 Å². The number of ether oxygens (including phenoxy) is 5. The Hall–Kier alpha value is -17.1. The number of pyridine rings is 1. The number of rotatable bonds is 25. The average Bonchev–Trinajstić information content (AvgIpc) is 1.67. The number of imide groups is 5. The molecule has 0 spiro atoms. The first-order valence-electron chi connectivity index (χ1n) is 42.4. The molecule has 0 aliphatic carbocycles. The second-order valence-corrected chi connectivity index (χ2v) is 37.5. The summed E-state index contributed by atoms with van der Waals surface area (Å²) in [5.41, 5.74) is 6.81. The van der Waals surface area contributed by atoms with Crippen LogP contribution in [0.5, 0.6) is 0 Å². The highest BCUT2D eigenvalue weighted by Gasteiger charge is 2.28. The zero-order chi connectivity index (χ0) is 102. The highest BCUT2D eigenvalue weighted by atomic mass is 32.1. The van der Waals surface area contributed by atoms with Gasteiger partial charge in [0.25, 0.3) is 59.1 Å². The number of aryl methyl sites for hydroxylation is 1. The number of nitrogens with one attached hydrogen (secondary N) is 10. The smallest absolute Gasteiger partial charge is 0.414 e. The van der Waals surface area contributed by atoms with Crippen LogP contribution in [0.1, 0.15) is 161 Å². The number of fused-ring (bicyclic) bond motifs is 5. The van der Waals surface area contributed by atoms with Gasteiger partial charge in [-0.25, -0.2) is 66.8 Å². The maximum atomic E-state index is 13.6. The largest absolute Gasteiger partial charge is 0.449 e. The highest BCUT2D eigenvalue weighted by molar-refractivity contribution is 7.21. The van der Waals surface area contributed by atoms with Crippen LogP contribution in [0.25, 0.3) is 37.4 Å². The Bertz CT molecular complexity index is 7210. The van der Waals surface area contributed by atoms with Gasteiger partial charge in [0.05, 0.1) is 104 Å². The molecule has 0 saturated heterocycles. The molecule has 14 heterocycles. The molecule has 15 amide bonds. The summed E-state index contributed by atoms with van der Waals surface area (Å²) in [5, 5.41) is 46.3. The lowest BCUT2D eigenvalue weighted by Crippen LogP contribution is -2.32. The van der Waals surface area contributed by atoms with E-state index >= 15 is 0 Å². The number of hydrogen-bond acceptors (Lipinski definition) is 36. The van der Waals surface area contributed by atoms with Crippen molar-refractivity contribution in [2.24, 2.45) is 17.8 Å². The van der Waals surface area contributed by atoms with E-state index in [-0.39, 0.29) is 111 Å². The fourth-order valence-corrected chi connectivity index (χ4v) is 17.3. The van der Waals surface area contributed by atoms with Crippen molar-refractivity contribution in [3.63, 3.8) is 0 Å². The average molecular weight is 2070 g/mol. The SMILES string of the molecule is CC(C)COC(=O)NC(=O)c1ccsc1NC(=O)c1cnc2ccnn2c1.CC(C)COC(=O)NC(=O)c1ccsc1NC(=O)c1nc2ccccc2s1.CC(C)COC(=O)NC(=O)c1ccsc1NC(=O)c1nc2cnccc2s1.Cc1ccc(COC(=O)NC(=O)c2ccsc2NC(=O)c2cnc3ccnn3c2)cc1.O=C(NC(=O)c1ccsc1NC(=O)c1cnc2ccnn2c1)OCc1ccccc1F. The summed E-state index contributed by atoms with van der Waals surface area (Å²) < 4.78 is 44.5. The van der Waals surface area contributed by atoms with Crippen molar-refractivity contribution < 1.29 is 100.0 Å². The molecule has 0 fully saturated rings. The summed E-state index contributed by atoms with van der Waals surface area (Å²) in [6.45, 7) is 13.6. The fourth-order valence-electron chi connectivity index (χ4n) is 11.7. The molecule has 17 rings (SSSR count). The molecule has 50 heteroatoms. The molecular weight excluding hydrogens is 1990 g/mol. The van der Waals surface area contributed by atoms with Crippen LogP contribution in [-0.4, -0.2) is 168 Å². The molecule has 10 N–H and O–H groups in total.